The maximum atomic E-state index is 11.8. The first-order valence-electron chi connectivity index (χ1n) is 7.47. The van der Waals surface area contributed by atoms with Crippen LogP contribution in [0, 0.1) is 11.8 Å². The van der Waals surface area contributed by atoms with E-state index >= 15 is 0 Å². The van der Waals surface area contributed by atoms with Crippen molar-refractivity contribution in [3.63, 3.8) is 0 Å². The summed E-state index contributed by atoms with van der Waals surface area (Å²) >= 11 is 0. The van der Waals surface area contributed by atoms with E-state index in [0.29, 0.717) is 0 Å². The largest absolute Gasteiger partial charge is 0.371 e. The minimum Gasteiger partial charge on any atom is -0.371 e. The standard InChI is InChI=1S/C16H23N3O/c1-10(2)11-6-7-19(9-11)12-4-5-13-14(8-12)18-16(20)15(13)17-3/h4-5,8,10-11,15,17H,6-7,9H2,1-3H3,(H,18,20). The molecular weight excluding hydrogens is 250 g/mol. The average Bonchev–Trinajstić information content (AvgIpc) is 3.00. The lowest BCUT2D eigenvalue weighted by molar-refractivity contribution is -0.117. The Bertz CT molecular complexity index is 526. The maximum absolute atomic E-state index is 11.8. The second kappa shape index (κ2) is 5.09. The predicted molar refractivity (Wildman–Crippen MR) is 82.0 cm³/mol. The summed E-state index contributed by atoms with van der Waals surface area (Å²) in [5, 5.41) is 6.02. The molecule has 2 heterocycles. The van der Waals surface area contributed by atoms with Gasteiger partial charge in [-0.3, -0.25) is 4.79 Å². The van der Waals surface area contributed by atoms with Crippen LogP contribution in [0.2, 0.25) is 0 Å². The van der Waals surface area contributed by atoms with Crippen molar-refractivity contribution in [2.24, 2.45) is 11.8 Å². The molecule has 4 nitrogen and oxygen atoms in total. The number of rotatable bonds is 3. The molecule has 0 radical (unpaired) electrons. The van der Waals surface area contributed by atoms with Crippen molar-refractivity contribution in [2.45, 2.75) is 26.3 Å². The van der Waals surface area contributed by atoms with Gasteiger partial charge in [-0.15, -0.1) is 0 Å². The number of likely N-dealkylation sites (N-methyl/N-ethyl adjacent to an activating group) is 1. The molecule has 20 heavy (non-hydrogen) atoms. The second-order valence-corrected chi connectivity index (χ2v) is 6.22. The minimum absolute atomic E-state index is 0.0427. The first kappa shape index (κ1) is 13.4. The fraction of sp³-hybridized carbons (Fsp3) is 0.562. The van der Waals surface area contributed by atoms with Gasteiger partial charge in [0.1, 0.15) is 6.04 Å². The first-order valence-corrected chi connectivity index (χ1v) is 7.47. The van der Waals surface area contributed by atoms with E-state index in [2.05, 4.69) is 47.6 Å². The van der Waals surface area contributed by atoms with Gasteiger partial charge < -0.3 is 15.5 Å². The lowest BCUT2D eigenvalue weighted by atomic mass is 9.95. The molecule has 0 aromatic heterocycles. The van der Waals surface area contributed by atoms with Crippen LogP contribution in [-0.2, 0) is 4.79 Å². The Kier molecular flexibility index (Phi) is 3.42. The molecule has 0 bridgehead atoms. The fourth-order valence-corrected chi connectivity index (χ4v) is 3.30. The zero-order valence-electron chi connectivity index (χ0n) is 12.4. The van der Waals surface area contributed by atoms with Gasteiger partial charge in [0.25, 0.3) is 0 Å². The number of fused-ring (bicyclic) bond motifs is 1. The van der Waals surface area contributed by atoms with Crippen LogP contribution in [-0.4, -0.2) is 26.0 Å². The van der Waals surface area contributed by atoms with E-state index < -0.39 is 0 Å². The number of hydrogen-bond donors (Lipinski definition) is 2. The quantitative estimate of drug-likeness (QED) is 0.888. The monoisotopic (exact) mass is 273 g/mol. The summed E-state index contributed by atoms with van der Waals surface area (Å²) in [6.45, 7) is 6.84. The van der Waals surface area contributed by atoms with Crippen LogP contribution in [0.15, 0.2) is 18.2 Å². The van der Waals surface area contributed by atoms with Gasteiger partial charge in [-0.05, 0) is 37.4 Å². The van der Waals surface area contributed by atoms with Gasteiger partial charge in [0.15, 0.2) is 0 Å². The Hall–Kier alpha value is -1.55. The molecule has 4 heteroatoms. The van der Waals surface area contributed by atoms with Crippen molar-refractivity contribution in [1.29, 1.82) is 0 Å². The molecular formula is C16H23N3O. The van der Waals surface area contributed by atoms with Crippen LogP contribution in [0.1, 0.15) is 31.9 Å². The van der Waals surface area contributed by atoms with Crippen LogP contribution < -0.4 is 15.5 Å². The number of carbonyl (C=O) groups excluding carboxylic acids is 1. The maximum Gasteiger partial charge on any atom is 0.246 e. The van der Waals surface area contributed by atoms with E-state index in [-0.39, 0.29) is 11.9 Å². The Morgan fingerprint density at radius 2 is 2.20 bits per heavy atom. The Balaban J connectivity index is 1.81. The van der Waals surface area contributed by atoms with E-state index in [1.165, 1.54) is 12.1 Å². The molecule has 2 aliphatic heterocycles. The van der Waals surface area contributed by atoms with Crippen LogP contribution >= 0.6 is 0 Å². The molecule has 1 aromatic carbocycles. The number of benzene rings is 1. The van der Waals surface area contributed by atoms with Gasteiger partial charge in [-0.25, -0.2) is 0 Å². The Morgan fingerprint density at radius 3 is 2.85 bits per heavy atom. The third kappa shape index (κ3) is 2.18. The number of hydrogen-bond acceptors (Lipinski definition) is 3. The molecule has 2 N–H and O–H groups in total. The minimum atomic E-state index is -0.207. The average molecular weight is 273 g/mol. The van der Waals surface area contributed by atoms with E-state index in [9.17, 15) is 4.79 Å². The van der Waals surface area contributed by atoms with Gasteiger partial charge in [-0.1, -0.05) is 19.9 Å². The Morgan fingerprint density at radius 1 is 1.40 bits per heavy atom. The second-order valence-electron chi connectivity index (χ2n) is 6.22. The molecule has 1 saturated heterocycles. The van der Waals surface area contributed by atoms with Crippen molar-refractivity contribution >= 4 is 17.3 Å². The van der Waals surface area contributed by atoms with Gasteiger partial charge in [0, 0.05) is 30.0 Å². The number of nitrogens with one attached hydrogen (secondary N) is 2. The topological polar surface area (TPSA) is 44.4 Å². The summed E-state index contributed by atoms with van der Waals surface area (Å²) in [6.07, 6.45) is 1.26. The van der Waals surface area contributed by atoms with Crippen LogP contribution in [0.4, 0.5) is 11.4 Å². The summed E-state index contributed by atoms with van der Waals surface area (Å²) in [5.74, 6) is 1.56. The highest BCUT2D eigenvalue weighted by atomic mass is 16.2. The van der Waals surface area contributed by atoms with E-state index in [0.717, 1.165) is 36.2 Å². The van der Waals surface area contributed by atoms with Gasteiger partial charge in [0.2, 0.25) is 5.91 Å². The fourth-order valence-electron chi connectivity index (χ4n) is 3.30. The zero-order valence-corrected chi connectivity index (χ0v) is 12.4. The highest BCUT2D eigenvalue weighted by molar-refractivity contribution is 6.03. The SMILES string of the molecule is CNC1C(=O)Nc2cc(N3CCC(C(C)C)C3)ccc21. The zero-order chi connectivity index (χ0) is 14.3. The first-order chi connectivity index (χ1) is 9.60. The number of carbonyl (C=O) groups is 1. The van der Waals surface area contributed by atoms with Crippen LogP contribution in [0.3, 0.4) is 0 Å². The van der Waals surface area contributed by atoms with E-state index in [1.807, 2.05) is 7.05 Å². The van der Waals surface area contributed by atoms with Gasteiger partial charge >= 0.3 is 0 Å². The predicted octanol–water partition coefficient (Wildman–Crippen LogP) is 2.38. The molecule has 2 aliphatic rings. The molecule has 1 aromatic rings. The summed E-state index contributed by atoms with van der Waals surface area (Å²) < 4.78 is 0. The van der Waals surface area contributed by atoms with Crippen molar-refractivity contribution < 1.29 is 4.79 Å². The summed E-state index contributed by atoms with van der Waals surface area (Å²) in [5.41, 5.74) is 3.24. The summed E-state index contributed by atoms with van der Waals surface area (Å²) in [4.78, 5) is 14.3. The Labute approximate surface area is 120 Å². The molecule has 0 spiro atoms. The van der Waals surface area contributed by atoms with Crippen molar-refractivity contribution in [3.8, 4) is 0 Å². The van der Waals surface area contributed by atoms with Gasteiger partial charge in [-0.2, -0.15) is 0 Å². The van der Waals surface area contributed by atoms with Crippen molar-refractivity contribution in [1.82, 2.24) is 5.32 Å². The summed E-state index contributed by atoms with van der Waals surface area (Å²) in [6, 6.07) is 6.13. The van der Waals surface area contributed by atoms with Crippen molar-refractivity contribution in [2.75, 3.05) is 30.4 Å². The van der Waals surface area contributed by atoms with Crippen LogP contribution in [0.25, 0.3) is 0 Å². The molecule has 1 fully saturated rings. The number of nitrogens with zero attached hydrogens (tertiary/aromatic N) is 1. The lowest BCUT2D eigenvalue weighted by Crippen LogP contribution is -2.23. The van der Waals surface area contributed by atoms with E-state index in [1.54, 1.807) is 0 Å². The third-order valence-corrected chi connectivity index (χ3v) is 4.69. The summed E-state index contributed by atoms with van der Waals surface area (Å²) in [7, 11) is 1.82. The lowest BCUT2D eigenvalue weighted by Gasteiger charge is -2.21. The van der Waals surface area contributed by atoms with E-state index in [4.69, 9.17) is 0 Å². The third-order valence-electron chi connectivity index (χ3n) is 4.69. The highest BCUT2D eigenvalue weighted by Gasteiger charge is 2.31. The molecule has 2 unspecified atom stereocenters. The normalized spacial score (nSPS) is 25.2. The highest BCUT2D eigenvalue weighted by Crippen LogP contribution is 2.36. The number of anilines is 2. The molecule has 0 saturated carbocycles. The molecule has 3 rings (SSSR count). The smallest absolute Gasteiger partial charge is 0.246 e. The molecule has 0 aliphatic carbocycles. The van der Waals surface area contributed by atoms with Crippen LogP contribution in [0.5, 0.6) is 0 Å². The van der Waals surface area contributed by atoms with Crippen molar-refractivity contribution in [3.05, 3.63) is 23.8 Å². The van der Waals surface area contributed by atoms with Gasteiger partial charge in [0.05, 0.1) is 0 Å². The molecule has 2 atom stereocenters. The molecule has 108 valence electrons. The number of amides is 1. The molecule has 1 amide bonds.